The minimum Gasteiger partial charge on any atom is -0.467 e. The number of aliphatic imine (C=N–C) groups is 2. The first-order chi connectivity index (χ1) is 18.0. The van der Waals surface area contributed by atoms with Crippen LogP contribution in [0.25, 0.3) is 0 Å². The second-order valence-electron chi connectivity index (χ2n) is 9.51. The number of hydrogen-bond donors (Lipinski definition) is 3. The maximum Gasteiger partial charge on any atom is 0.416 e. The van der Waals surface area contributed by atoms with Gasteiger partial charge in [0.1, 0.15) is 6.73 Å². The molecule has 10 nitrogen and oxygen atoms in total. The number of carbonyl (C=O) groups is 2. The van der Waals surface area contributed by atoms with Gasteiger partial charge in [0.15, 0.2) is 0 Å². The first-order valence-corrected chi connectivity index (χ1v) is 12.3. The molecule has 1 saturated heterocycles. The van der Waals surface area contributed by atoms with Crippen LogP contribution in [0.4, 0.5) is 13.2 Å². The van der Waals surface area contributed by atoms with E-state index in [1.165, 1.54) is 20.3 Å². The van der Waals surface area contributed by atoms with Gasteiger partial charge in [-0.15, -0.1) is 0 Å². The van der Waals surface area contributed by atoms with E-state index in [9.17, 15) is 27.9 Å². The van der Waals surface area contributed by atoms with Crippen LogP contribution in [0.1, 0.15) is 48.0 Å². The molecular formula is C25H34F3N5O5. The Morgan fingerprint density at radius 1 is 1.24 bits per heavy atom. The highest BCUT2D eigenvalue weighted by atomic mass is 19.4. The molecular weight excluding hydrogens is 507 g/mol. The molecule has 13 heteroatoms. The summed E-state index contributed by atoms with van der Waals surface area (Å²) in [6, 6.07) is 4.47. The number of amidine groups is 1. The third kappa shape index (κ3) is 8.50. The zero-order valence-electron chi connectivity index (χ0n) is 21.5. The quantitative estimate of drug-likeness (QED) is 0.324. The zero-order chi connectivity index (χ0) is 27.8. The van der Waals surface area contributed by atoms with Crippen LogP contribution >= 0.6 is 0 Å². The molecule has 1 aromatic carbocycles. The Labute approximate surface area is 219 Å². The lowest BCUT2D eigenvalue weighted by atomic mass is 9.79. The highest BCUT2D eigenvalue weighted by Gasteiger charge is 2.39. The smallest absolute Gasteiger partial charge is 0.416 e. The van der Waals surface area contributed by atoms with Crippen LogP contribution < -0.4 is 10.6 Å². The maximum atomic E-state index is 12.8. The fourth-order valence-electron chi connectivity index (χ4n) is 4.56. The summed E-state index contributed by atoms with van der Waals surface area (Å²) in [5.41, 5.74) is -1.92. The zero-order valence-corrected chi connectivity index (χ0v) is 21.5. The number of ether oxygens (including phenoxy) is 2. The number of halogens is 3. The molecule has 0 radical (unpaired) electrons. The summed E-state index contributed by atoms with van der Waals surface area (Å²) >= 11 is 0. The second kappa shape index (κ2) is 13.2. The molecule has 38 heavy (non-hydrogen) atoms. The molecule has 0 atom stereocenters. The summed E-state index contributed by atoms with van der Waals surface area (Å²) in [5, 5.41) is 16.1. The predicted octanol–water partition coefficient (Wildman–Crippen LogP) is 1.98. The van der Waals surface area contributed by atoms with Gasteiger partial charge in [0.25, 0.3) is 5.91 Å². The molecule has 3 N–H and O–H groups in total. The number of benzene rings is 1. The molecule has 1 saturated carbocycles. The Hall–Kier alpha value is -3.03. The standard InChI is InChI=1S/C25H34F3N5O5/c1-37-16-31-23(38-2)29-11-10-24(36)8-6-20(7-9-24)33-14-19(15-33)32-21(34)13-30-22(35)17-4-3-5-18(12-17)25(26,27)28/h3-5,11-12,19-20,36H,6-10,13-16H2,1-2H3,(H,30,35)(H,32,34). The largest absolute Gasteiger partial charge is 0.467 e. The Morgan fingerprint density at radius 2 is 1.95 bits per heavy atom. The van der Waals surface area contributed by atoms with E-state index in [0.717, 1.165) is 31.0 Å². The Kier molecular flexibility index (Phi) is 10.2. The highest BCUT2D eigenvalue weighted by Crippen LogP contribution is 2.34. The lowest BCUT2D eigenvalue weighted by Crippen LogP contribution is -2.63. The van der Waals surface area contributed by atoms with E-state index in [2.05, 4.69) is 25.5 Å². The first-order valence-electron chi connectivity index (χ1n) is 12.3. The average molecular weight is 542 g/mol. The summed E-state index contributed by atoms with van der Waals surface area (Å²) in [6.45, 7) is 1.12. The molecule has 1 heterocycles. The van der Waals surface area contributed by atoms with Gasteiger partial charge in [0, 0.05) is 44.4 Å². The van der Waals surface area contributed by atoms with E-state index in [0.29, 0.717) is 38.4 Å². The van der Waals surface area contributed by atoms with Gasteiger partial charge in [-0.05, 0) is 43.9 Å². The van der Waals surface area contributed by atoms with Crippen LogP contribution in [-0.2, 0) is 20.4 Å². The third-order valence-corrected chi connectivity index (χ3v) is 6.72. The fourth-order valence-corrected chi connectivity index (χ4v) is 4.56. The van der Waals surface area contributed by atoms with Crippen molar-refractivity contribution in [3.05, 3.63) is 35.4 Å². The summed E-state index contributed by atoms with van der Waals surface area (Å²) in [6.07, 6.45) is 0.314. The number of amides is 2. The van der Waals surface area contributed by atoms with Crippen molar-refractivity contribution in [3.8, 4) is 0 Å². The Morgan fingerprint density at radius 3 is 2.58 bits per heavy atom. The molecule has 0 unspecified atom stereocenters. The maximum absolute atomic E-state index is 12.8. The van der Waals surface area contributed by atoms with Crippen molar-refractivity contribution in [1.29, 1.82) is 0 Å². The molecule has 0 aromatic heterocycles. The van der Waals surface area contributed by atoms with Gasteiger partial charge in [-0.1, -0.05) is 6.07 Å². The van der Waals surface area contributed by atoms with E-state index >= 15 is 0 Å². The van der Waals surface area contributed by atoms with E-state index < -0.39 is 29.2 Å². The highest BCUT2D eigenvalue weighted by molar-refractivity contribution is 5.96. The minimum atomic E-state index is -4.55. The first kappa shape index (κ1) is 29.5. The van der Waals surface area contributed by atoms with E-state index in [4.69, 9.17) is 9.47 Å². The molecule has 1 aliphatic heterocycles. The van der Waals surface area contributed by atoms with Crippen LogP contribution in [0.3, 0.4) is 0 Å². The number of methoxy groups -OCH3 is 2. The van der Waals surface area contributed by atoms with Crippen molar-refractivity contribution in [2.45, 2.75) is 56.0 Å². The lowest BCUT2D eigenvalue weighted by Gasteiger charge is -2.48. The van der Waals surface area contributed by atoms with Gasteiger partial charge in [-0.25, -0.2) is 9.98 Å². The van der Waals surface area contributed by atoms with Crippen LogP contribution in [0.5, 0.6) is 0 Å². The predicted molar refractivity (Wildman–Crippen MR) is 134 cm³/mol. The van der Waals surface area contributed by atoms with Gasteiger partial charge in [-0.3, -0.25) is 14.5 Å². The molecule has 210 valence electrons. The van der Waals surface area contributed by atoms with Gasteiger partial charge in [0.05, 0.1) is 30.9 Å². The van der Waals surface area contributed by atoms with Gasteiger partial charge >= 0.3 is 12.2 Å². The molecule has 3 rings (SSSR count). The number of hydrogen-bond acceptors (Lipinski definition) is 7. The van der Waals surface area contributed by atoms with Crippen molar-refractivity contribution in [3.63, 3.8) is 0 Å². The van der Waals surface area contributed by atoms with Crippen LogP contribution in [0.2, 0.25) is 0 Å². The second-order valence-corrected chi connectivity index (χ2v) is 9.51. The van der Waals surface area contributed by atoms with Gasteiger partial charge < -0.3 is 25.2 Å². The third-order valence-electron chi connectivity index (χ3n) is 6.72. The number of likely N-dealkylation sites (tertiary alicyclic amines) is 1. The van der Waals surface area contributed by atoms with Crippen molar-refractivity contribution in [2.75, 3.05) is 40.6 Å². The molecule has 2 aliphatic rings. The summed E-state index contributed by atoms with van der Waals surface area (Å²) in [5.74, 6) is -1.15. The lowest BCUT2D eigenvalue weighted by molar-refractivity contribution is -0.137. The number of nitrogens with one attached hydrogen (secondary N) is 2. The molecule has 2 amide bonds. The molecule has 1 aromatic rings. The van der Waals surface area contributed by atoms with Crippen molar-refractivity contribution in [2.24, 2.45) is 9.98 Å². The minimum absolute atomic E-state index is 0.0697. The number of aliphatic hydroxyl groups is 1. The normalized spacial score (nSPS) is 23.2. The van der Waals surface area contributed by atoms with E-state index in [1.807, 2.05) is 0 Å². The van der Waals surface area contributed by atoms with Crippen LogP contribution in [0, 0.1) is 0 Å². The number of nitrogens with zero attached hydrogens (tertiary/aromatic N) is 3. The van der Waals surface area contributed by atoms with Gasteiger partial charge in [-0.2, -0.15) is 13.2 Å². The Balaban J connectivity index is 1.35. The SMILES string of the molecule is COCN=C(N=CCC1(O)CCC(N2CC(NC(=O)CNC(=O)c3cccc(C(F)(F)F)c3)C2)CC1)OC. The van der Waals surface area contributed by atoms with Crippen LogP contribution in [0.15, 0.2) is 34.3 Å². The molecule has 2 fully saturated rings. The summed E-state index contributed by atoms with van der Waals surface area (Å²) in [4.78, 5) is 34.7. The number of rotatable bonds is 9. The van der Waals surface area contributed by atoms with Crippen molar-refractivity contribution in [1.82, 2.24) is 15.5 Å². The van der Waals surface area contributed by atoms with Crippen LogP contribution in [-0.4, -0.2) is 92.3 Å². The number of carbonyl (C=O) groups excluding carboxylic acids is 2. The summed E-state index contributed by atoms with van der Waals surface area (Å²) in [7, 11) is 2.98. The average Bonchev–Trinajstić information content (AvgIpc) is 2.87. The Bertz CT molecular complexity index is 1020. The monoisotopic (exact) mass is 541 g/mol. The van der Waals surface area contributed by atoms with Crippen molar-refractivity contribution < 1.29 is 37.3 Å². The topological polar surface area (TPSA) is 125 Å². The number of alkyl halides is 3. The van der Waals surface area contributed by atoms with Gasteiger partial charge in [0.2, 0.25) is 5.91 Å². The molecule has 0 spiro atoms. The fraction of sp³-hybridized carbons (Fsp3) is 0.600. The summed E-state index contributed by atoms with van der Waals surface area (Å²) < 4.78 is 48.4. The van der Waals surface area contributed by atoms with E-state index in [1.54, 1.807) is 6.21 Å². The molecule has 0 bridgehead atoms. The molecule has 1 aliphatic carbocycles. The van der Waals surface area contributed by atoms with E-state index in [-0.39, 0.29) is 30.9 Å². The van der Waals surface area contributed by atoms with Crippen molar-refractivity contribution >= 4 is 24.1 Å².